The van der Waals surface area contributed by atoms with Gasteiger partial charge in [0.2, 0.25) is 5.91 Å². The fourth-order valence-corrected chi connectivity index (χ4v) is 1.70. The van der Waals surface area contributed by atoms with Crippen LogP contribution in [0.25, 0.3) is 0 Å². The van der Waals surface area contributed by atoms with Crippen molar-refractivity contribution in [2.75, 3.05) is 13.6 Å². The quantitative estimate of drug-likeness (QED) is 0.743. The first-order valence-corrected chi connectivity index (χ1v) is 5.51. The molecule has 6 heteroatoms. The molecule has 18 heavy (non-hydrogen) atoms. The van der Waals surface area contributed by atoms with Crippen molar-refractivity contribution in [1.29, 1.82) is 0 Å². The molecule has 2 N–H and O–H groups in total. The molecule has 0 aromatic heterocycles. The third kappa shape index (κ3) is 2.32. The minimum atomic E-state index is -0.379. The molecule has 2 rings (SSSR count). The van der Waals surface area contributed by atoms with Gasteiger partial charge in [-0.1, -0.05) is 12.1 Å². The number of carbonyl (C=O) groups is 3. The van der Waals surface area contributed by atoms with E-state index in [0.29, 0.717) is 5.56 Å². The molecule has 0 unspecified atom stereocenters. The molecule has 0 atom stereocenters. The summed E-state index contributed by atoms with van der Waals surface area (Å²) in [5.41, 5.74) is 1.34. The van der Waals surface area contributed by atoms with Crippen molar-refractivity contribution >= 4 is 17.8 Å². The highest BCUT2D eigenvalue weighted by Gasteiger charge is 2.28. The van der Waals surface area contributed by atoms with Crippen molar-refractivity contribution in [3.8, 4) is 0 Å². The van der Waals surface area contributed by atoms with Crippen LogP contribution in [0.1, 0.15) is 15.9 Å². The van der Waals surface area contributed by atoms with E-state index >= 15 is 0 Å². The molecule has 0 spiro atoms. The molecule has 0 saturated carbocycles. The maximum absolute atomic E-state index is 11.4. The Kier molecular flexibility index (Phi) is 3.27. The van der Waals surface area contributed by atoms with E-state index in [0.717, 1.165) is 10.5 Å². The fourth-order valence-electron chi connectivity index (χ4n) is 1.70. The maximum atomic E-state index is 11.4. The minimum absolute atomic E-state index is 0.0508. The number of imide groups is 1. The Labute approximate surface area is 104 Å². The van der Waals surface area contributed by atoms with Crippen molar-refractivity contribution in [2.45, 2.75) is 6.54 Å². The lowest BCUT2D eigenvalue weighted by Gasteiger charge is -2.12. The summed E-state index contributed by atoms with van der Waals surface area (Å²) in [6.07, 6.45) is 0. The lowest BCUT2D eigenvalue weighted by molar-refractivity contribution is -0.125. The predicted molar refractivity (Wildman–Crippen MR) is 63.8 cm³/mol. The van der Waals surface area contributed by atoms with Gasteiger partial charge in [-0.3, -0.25) is 14.5 Å². The second kappa shape index (κ2) is 4.87. The molecule has 1 fully saturated rings. The van der Waals surface area contributed by atoms with E-state index in [1.165, 1.54) is 0 Å². The van der Waals surface area contributed by atoms with Gasteiger partial charge >= 0.3 is 6.03 Å². The molecule has 1 saturated heterocycles. The van der Waals surface area contributed by atoms with Crippen LogP contribution in [0, 0.1) is 0 Å². The largest absolute Gasteiger partial charge is 0.355 e. The Balaban J connectivity index is 2.09. The average molecular weight is 247 g/mol. The Bertz CT molecular complexity index is 480. The Morgan fingerprint density at radius 2 is 2.00 bits per heavy atom. The first kappa shape index (κ1) is 12.1. The molecule has 1 aliphatic rings. The van der Waals surface area contributed by atoms with Gasteiger partial charge in [0.05, 0.1) is 13.1 Å². The van der Waals surface area contributed by atoms with Gasteiger partial charge in [0.25, 0.3) is 5.91 Å². The zero-order valence-electron chi connectivity index (χ0n) is 9.90. The summed E-state index contributed by atoms with van der Waals surface area (Å²) < 4.78 is 0. The van der Waals surface area contributed by atoms with E-state index in [2.05, 4.69) is 10.6 Å². The lowest BCUT2D eigenvalue weighted by Crippen LogP contribution is -2.30. The topological polar surface area (TPSA) is 78.5 Å². The molecule has 0 radical (unpaired) electrons. The van der Waals surface area contributed by atoms with Crippen LogP contribution in [-0.2, 0) is 11.3 Å². The van der Waals surface area contributed by atoms with Crippen molar-refractivity contribution in [2.24, 2.45) is 0 Å². The van der Waals surface area contributed by atoms with E-state index in [1.807, 2.05) is 0 Å². The van der Waals surface area contributed by atoms with Crippen LogP contribution >= 0.6 is 0 Å². The van der Waals surface area contributed by atoms with Crippen molar-refractivity contribution < 1.29 is 14.4 Å². The normalized spacial score (nSPS) is 14.6. The number of carbonyl (C=O) groups excluding carboxylic acids is 3. The first-order valence-electron chi connectivity index (χ1n) is 5.51. The third-order valence-corrected chi connectivity index (χ3v) is 2.72. The molecule has 1 aliphatic heterocycles. The fraction of sp³-hybridized carbons (Fsp3) is 0.250. The van der Waals surface area contributed by atoms with Crippen molar-refractivity contribution in [3.63, 3.8) is 0 Å². The van der Waals surface area contributed by atoms with E-state index in [1.54, 1.807) is 31.3 Å². The van der Waals surface area contributed by atoms with Gasteiger partial charge in [-0.2, -0.15) is 0 Å². The van der Waals surface area contributed by atoms with Crippen LogP contribution in [0.15, 0.2) is 24.3 Å². The maximum Gasteiger partial charge on any atom is 0.324 e. The van der Waals surface area contributed by atoms with Gasteiger partial charge < -0.3 is 10.6 Å². The Morgan fingerprint density at radius 3 is 2.50 bits per heavy atom. The van der Waals surface area contributed by atoms with Crippen LogP contribution in [0.5, 0.6) is 0 Å². The molecular weight excluding hydrogens is 234 g/mol. The van der Waals surface area contributed by atoms with Crippen LogP contribution in [0.3, 0.4) is 0 Å². The summed E-state index contributed by atoms with van der Waals surface area (Å²) in [6, 6.07) is 6.39. The van der Waals surface area contributed by atoms with Gasteiger partial charge in [-0.15, -0.1) is 0 Å². The molecule has 4 amide bonds. The predicted octanol–water partition coefficient (Wildman–Crippen LogP) is 0.0980. The monoisotopic (exact) mass is 247 g/mol. The third-order valence-electron chi connectivity index (χ3n) is 2.72. The lowest BCUT2D eigenvalue weighted by atomic mass is 10.1. The minimum Gasteiger partial charge on any atom is -0.355 e. The molecule has 1 aromatic carbocycles. The van der Waals surface area contributed by atoms with E-state index in [9.17, 15) is 14.4 Å². The number of hydrogen-bond acceptors (Lipinski definition) is 3. The van der Waals surface area contributed by atoms with E-state index in [4.69, 9.17) is 0 Å². The molecular formula is C12H13N3O3. The van der Waals surface area contributed by atoms with Gasteiger partial charge in [0.15, 0.2) is 0 Å². The highest BCUT2D eigenvalue weighted by atomic mass is 16.2. The van der Waals surface area contributed by atoms with Crippen LogP contribution in [-0.4, -0.2) is 36.3 Å². The number of nitrogens with zero attached hydrogens (tertiary/aromatic N) is 1. The average Bonchev–Trinajstić information content (AvgIpc) is 2.70. The Hall–Kier alpha value is -2.37. The van der Waals surface area contributed by atoms with Crippen LogP contribution in [0.2, 0.25) is 0 Å². The van der Waals surface area contributed by atoms with Crippen molar-refractivity contribution in [3.05, 3.63) is 35.4 Å². The summed E-state index contributed by atoms with van der Waals surface area (Å²) in [5, 5.41) is 4.97. The van der Waals surface area contributed by atoms with Gasteiger partial charge in [-0.25, -0.2) is 4.79 Å². The second-order valence-corrected chi connectivity index (χ2v) is 3.91. The van der Waals surface area contributed by atoms with Crippen LogP contribution in [0.4, 0.5) is 4.79 Å². The number of rotatable bonds is 3. The number of nitrogens with one attached hydrogen (secondary N) is 2. The molecule has 1 aromatic rings. The molecule has 1 heterocycles. The second-order valence-electron chi connectivity index (χ2n) is 3.91. The summed E-state index contributed by atoms with van der Waals surface area (Å²) in [4.78, 5) is 35.2. The molecule has 94 valence electrons. The summed E-state index contributed by atoms with van der Waals surface area (Å²) in [6.45, 7) is 0.272. The van der Waals surface area contributed by atoms with Gasteiger partial charge in [-0.05, 0) is 17.7 Å². The number of urea groups is 1. The van der Waals surface area contributed by atoms with Crippen molar-refractivity contribution in [1.82, 2.24) is 15.5 Å². The highest BCUT2D eigenvalue weighted by Crippen LogP contribution is 2.10. The number of amides is 4. The number of hydrogen-bond donors (Lipinski definition) is 2. The van der Waals surface area contributed by atoms with Crippen LogP contribution < -0.4 is 10.6 Å². The molecule has 0 aliphatic carbocycles. The van der Waals surface area contributed by atoms with Gasteiger partial charge in [0.1, 0.15) is 0 Å². The van der Waals surface area contributed by atoms with E-state index in [-0.39, 0.29) is 30.9 Å². The summed E-state index contributed by atoms with van der Waals surface area (Å²) >= 11 is 0. The number of benzene rings is 1. The zero-order valence-corrected chi connectivity index (χ0v) is 9.90. The summed E-state index contributed by atoms with van der Waals surface area (Å²) in [7, 11) is 1.56. The SMILES string of the molecule is CNC(=O)c1ccc(CN2C(=O)CNC2=O)cc1. The smallest absolute Gasteiger partial charge is 0.324 e. The van der Waals surface area contributed by atoms with Gasteiger partial charge in [0, 0.05) is 12.6 Å². The standard InChI is InChI=1S/C12H13N3O3/c1-13-11(17)9-4-2-8(3-5-9)7-15-10(16)6-14-12(15)18/h2-5H,6-7H2,1H3,(H,13,17)(H,14,18). The molecule has 0 bridgehead atoms. The highest BCUT2D eigenvalue weighted by molar-refractivity contribution is 6.01. The Morgan fingerprint density at radius 1 is 1.33 bits per heavy atom. The zero-order chi connectivity index (χ0) is 13.1. The summed E-state index contributed by atoms with van der Waals surface area (Å²) in [5.74, 6) is -0.410. The van der Waals surface area contributed by atoms with E-state index < -0.39 is 0 Å². The molecule has 6 nitrogen and oxygen atoms in total. The first-order chi connectivity index (χ1) is 8.61.